The summed E-state index contributed by atoms with van der Waals surface area (Å²) in [6.45, 7) is 7.57. The molecule has 0 spiro atoms. The summed E-state index contributed by atoms with van der Waals surface area (Å²) in [7, 11) is 1.39. The van der Waals surface area contributed by atoms with Crippen LogP contribution < -0.4 is 23.7 Å². The number of carbonyl (C=O) groups is 4. The van der Waals surface area contributed by atoms with Gasteiger partial charge >= 0.3 is 23.9 Å². The van der Waals surface area contributed by atoms with E-state index in [4.69, 9.17) is 28.4 Å². The quantitative estimate of drug-likeness (QED) is 0.0865. The number of unbranched alkanes of at least 4 members (excludes halogenated alkanes) is 3. The molecule has 0 saturated carbocycles. The van der Waals surface area contributed by atoms with Crippen LogP contribution in [0.3, 0.4) is 0 Å². The summed E-state index contributed by atoms with van der Waals surface area (Å²) in [5, 5.41) is 0. The third kappa shape index (κ3) is 10.5. The minimum Gasteiger partial charge on any atom is -0.494 e. The van der Waals surface area contributed by atoms with Gasteiger partial charge < -0.3 is 28.4 Å². The van der Waals surface area contributed by atoms with Gasteiger partial charge in [-0.2, -0.15) is 0 Å². The number of carbonyl (C=O) groups excluding carboxylic acids is 4. The fourth-order valence-electron chi connectivity index (χ4n) is 3.60. The smallest absolute Gasteiger partial charge is 0.343 e. The first-order chi connectivity index (χ1) is 20.8. The molecule has 0 bridgehead atoms. The molecule has 0 atom stereocenters. The van der Waals surface area contributed by atoms with Crippen molar-refractivity contribution in [3.8, 4) is 28.7 Å². The van der Waals surface area contributed by atoms with Gasteiger partial charge in [0.05, 0.1) is 31.5 Å². The lowest BCUT2D eigenvalue weighted by Crippen LogP contribution is -2.11. The van der Waals surface area contributed by atoms with Crippen molar-refractivity contribution < 1.29 is 47.6 Å². The molecule has 0 fully saturated rings. The first-order valence-corrected chi connectivity index (χ1v) is 13.4. The lowest BCUT2D eigenvalue weighted by molar-refractivity contribution is -0.137. The van der Waals surface area contributed by atoms with Gasteiger partial charge in [0.15, 0.2) is 11.5 Å². The van der Waals surface area contributed by atoms with E-state index in [1.54, 1.807) is 24.3 Å². The zero-order chi connectivity index (χ0) is 31.0. The maximum Gasteiger partial charge on any atom is 0.343 e. The molecule has 0 aliphatic heterocycles. The van der Waals surface area contributed by atoms with E-state index >= 15 is 0 Å². The highest BCUT2D eigenvalue weighted by molar-refractivity contribution is 5.92. The van der Waals surface area contributed by atoms with Crippen molar-refractivity contribution in [2.75, 3.05) is 20.3 Å². The molecule has 10 nitrogen and oxygen atoms in total. The number of ether oxygens (including phenoxy) is 6. The highest BCUT2D eigenvalue weighted by Crippen LogP contribution is 2.32. The molecular formula is C33H32O10. The van der Waals surface area contributed by atoms with Gasteiger partial charge in [-0.3, -0.25) is 0 Å². The van der Waals surface area contributed by atoms with Crippen molar-refractivity contribution in [1.82, 2.24) is 0 Å². The van der Waals surface area contributed by atoms with Gasteiger partial charge in [0, 0.05) is 18.2 Å². The molecular weight excluding hydrogens is 556 g/mol. The molecule has 3 rings (SSSR count). The molecule has 0 aliphatic rings. The number of methoxy groups -OCH3 is 1. The Morgan fingerprint density at radius 2 is 1.16 bits per heavy atom. The van der Waals surface area contributed by atoms with Crippen LogP contribution in [0, 0.1) is 0 Å². The first kappa shape index (κ1) is 32.1. The van der Waals surface area contributed by atoms with Gasteiger partial charge in [-0.05, 0) is 86.3 Å². The molecule has 0 saturated heterocycles. The highest BCUT2D eigenvalue weighted by atomic mass is 16.6. The van der Waals surface area contributed by atoms with Crippen LogP contribution in [-0.2, 0) is 14.3 Å². The van der Waals surface area contributed by atoms with Crippen molar-refractivity contribution in [2.45, 2.75) is 25.7 Å². The third-order valence-corrected chi connectivity index (χ3v) is 5.83. The Hall–Kier alpha value is -5.38. The van der Waals surface area contributed by atoms with E-state index in [1.807, 2.05) is 0 Å². The molecule has 0 N–H and O–H groups in total. The monoisotopic (exact) mass is 588 g/mol. The Labute approximate surface area is 249 Å². The standard InChI is InChI=1S/C33H32O10/c1-4-30(34)40-21-9-7-6-8-20-39-25-14-10-23(11-15-25)32(36)42-27-18-19-28(29(22-27)38-3)43-33(37)24-12-16-26(17-13-24)41-31(35)5-2/h4-5,10-19,22H,1-2,6-9,20-21H2,3H3. The molecule has 43 heavy (non-hydrogen) atoms. The van der Waals surface area contributed by atoms with E-state index in [1.165, 1.54) is 49.6 Å². The molecule has 3 aromatic rings. The maximum absolute atomic E-state index is 12.7. The van der Waals surface area contributed by atoms with Crippen LogP contribution in [0.5, 0.6) is 28.7 Å². The molecule has 0 heterocycles. The molecule has 224 valence electrons. The first-order valence-electron chi connectivity index (χ1n) is 13.4. The lowest BCUT2D eigenvalue weighted by Gasteiger charge is -2.12. The summed E-state index contributed by atoms with van der Waals surface area (Å²) in [6.07, 6.45) is 5.64. The van der Waals surface area contributed by atoms with Gasteiger partial charge in [-0.25, -0.2) is 19.2 Å². The Bertz CT molecular complexity index is 1430. The van der Waals surface area contributed by atoms with Crippen molar-refractivity contribution in [3.05, 3.63) is 103 Å². The summed E-state index contributed by atoms with van der Waals surface area (Å²) in [6, 6.07) is 16.7. The second kappa shape index (κ2) is 16.8. The van der Waals surface area contributed by atoms with Crippen LogP contribution in [0.15, 0.2) is 92.0 Å². The van der Waals surface area contributed by atoms with Gasteiger partial charge in [0.1, 0.15) is 17.2 Å². The van der Waals surface area contributed by atoms with Crippen LogP contribution in [0.4, 0.5) is 0 Å². The minimum atomic E-state index is -0.668. The average Bonchev–Trinajstić information content (AvgIpc) is 3.03. The van der Waals surface area contributed by atoms with Crippen LogP contribution in [0.25, 0.3) is 0 Å². The summed E-state index contributed by atoms with van der Waals surface area (Å²) < 4.78 is 31.9. The SMILES string of the molecule is C=CC(=O)OCCCCCCOc1ccc(C(=O)Oc2ccc(OC(=O)c3ccc(OC(=O)C=C)cc3)c(OC)c2)cc1. The van der Waals surface area contributed by atoms with Crippen LogP contribution in [0.1, 0.15) is 46.4 Å². The van der Waals surface area contributed by atoms with Gasteiger partial charge in [-0.1, -0.05) is 13.2 Å². The second-order valence-corrected chi connectivity index (χ2v) is 8.90. The fraction of sp³-hybridized carbons (Fsp3) is 0.212. The lowest BCUT2D eigenvalue weighted by atomic mass is 10.2. The zero-order valence-corrected chi connectivity index (χ0v) is 23.7. The highest BCUT2D eigenvalue weighted by Gasteiger charge is 2.16. The number of benzene rings is 3. The van der Waals surface area contributed by atoms with Crippen LogP contribution in [0.2, 0.25) is 0 Å². The van der Waals surface area contributed by atoms with Crippen molar-refractivity contribution in [1.29, 1.82) is 0 Å². The Morgan fingerprint density at radius 1 is 0.605 bits per heavy atom. The predicted molar refractivity (Wildman–Crippen MR) is 157 cm³/mol. The minimum absolute atomic E-state index is 0.118. The average molecular weight is 589 g/mol. The van der Waals surface area contributed by atoms with Gasteiger partial charge in [-0.15, -0.1) is 0 Å². The second-order valence-electron chi connectivity index (χ2n) is 8.90. The maximum atomic E-state index is 12.7. The van der Waals surface area contributed by atoms with Gasteiger partial charge in [0.2, 0.25) is 0 Å². The van der Waals surface area contributed by atoms with E-state index in [0.717, 1.165) is 37.8 Å². The molecule has 0 aromatic heterocycles. The van der Waals surface area contributed by atoms with E-state index < -0.39 is 23.9 Å². The Kier molecular flexibility index (Phi) is 12.5. The Morgan fingerprint density at radius 3 is 1.77 bits per heavy atom. The largest absolute Gasteiger partial charge is 0.494 e. The third-order valence-electron chi connectivity index (χ3n) is 5.83. The molecule has 0 aliphatic carbocycles. The topological polar surface area (TPSA) is 124 Å². The Balaban J connectivity index is 1.47. The van der Waals surface area contributed by atoms with E-state index in [9.17, 15) is 19.2 Å². The summed E-state index contributed by atoms with van der Waals surface area (Å²) in [5.41, 5.74) is 0.533. The number of esters is 4. The fourth-order valence-corrected chi connectivity index (χ4v) is 3.60. The van der Waals surface area contributed by atoms with Crippen molar-refractivity contribution in [3.63, 3.8) is 0 Å². The molecule has 10 heteroatoms. The predicted octanol–water partition coefficient (Wildman–Crippen LogP) is 5.89. The number of hydrogen-bond donors (Lipinski definition) is 0. The van der Waals surface area contributed by atoms with E-state index in [0.29, 0.717) is 24.5 Å². The van der Waals surface area contributed by atoms with Crippen molar-refractivity contribution >= 4 is 23.9 Å². The zero-order valence-electron chi connectivity index (χ0n) is 23.7. The summed E-state index contributed by atoms with van der Waals surface area (Å²) in [5.74, 6) is -0.931. The van der Waals surface area contributed by atoms with Crippen LogP contribution in [-0.4, -0.2) is 44.2 Å². The van der Waals surface area contributed by atoms with Crippen molar-refractivity contribution in [2.24, 2.45) is 0 Å². The normalized spacial score (nSPS) is 10.2. The van der Waals surface area contributed by atoms with Gasteiger partial charge in [0.25, 0.3) is 0 Å². The van der Waals surface area contributed by atoms with E-state index in [-0.39, 0.29) is 28.6 Å². The molecule has 0 radical (unpaired) electrons. The van der Waals surface area contributed by atoms with E-state index in [2.05, 4.69) is 13.2 Å². The molecule has 3 aromatic carbocycles. The number of hydrogen-bond acceptors (Lipinski definition) is 10. The number of rotatable bonds is 16. The summed E-state index contributed by atoms with van der Waals surface area (Å²) in [4.78, 5) is 47.6. The summed E-state index contributed by atoms with van der Waals surface area (Å²) >= 11 is 0. The molecule has 0 unspecified atom stereocenters. The van der Waals surface area contributed by atoms with Crippen LogP contribution >= 0.6 is 0 Å². The molecule has 0 amide bonds.